The Morgan fingerprint density at radius 2 is 1.78 bits per heavy atom. The molecular formula is C16H18F3NO3. The number of carboxylic acids is 1. The number of carbonyl (C=O) groups is 2. The summed E-state index contributed by atoms with van der Waals surface area (Å²) >= 11 is 0. The van der Waals surface area contributed by atoms with Crippen LogP contribution in [0.25, 0.3) is 0 Å². The Kier molecular flexibility index (Phi) is 5.28. The van der Waals surface area contributed by atoms with E-state index < -0.39 is 18.6 Å². The molecule has 0 atom stereocenters. The number of hydrogen-bond donors (Lipinski definition) is 1. The van der Waals surface area contributed by atoms with Gasteiger partial charge in [-0.25, -0.2) is 4.79 Å². The van der Waals surface area contributed by atoms with E-state index in [1.54, 1.807) is 0 Å². The van der Waals surface area contributed by atoms with Crippen molar-refractivity contribution in [1.29, 1.82) is 0 Å². The Morgan fingerprint density at radius 1 is 1.17 bits per heavy atom. The van der Waals surface area contributed by atoms with Crippen molar-refractivity contribution < 1.29 is 27.9 Å². The molecule has 0 unspecified atom stereocenters. The third-order valence-electron chi connectivity index (χ3n) is 3.75. The van der Waals surface area contributed by atoms with Crippen LogP contribution in [-0.2, 0) is 11.2 Å². The van der Waals surface area contributed by atoms with Crippen molar-refractivity contribution in [2.75, 3.05) is 13.1 Å². The molecule has 1 amide bonds. The molecule has 4 nitrogen and oxygen atoms in total. The minimum atomic E-state index is -4.29. The molecule has 126 valence electrons. The summed E-state index contributed by atoms with van der Waals surface area (Å²) in [5.41, 5.74) is 0.695. The molecule has 1 N–H and O–H groups in total. The fourth-order valence-electron chi connectivity index (χ4n) is 2.24. The van der Waals surface area contributed by atoms with Gasteiger partial charge in [-0.2, -0.15) is 13.2 Å². The van der Waals surface area contributed by atoms with Gasteiger partial charge in [-0.3, -0.25) is 4.79 Å². The molecule has 1 fully saturated rings. The van der Waals surface area contributed by atoms with E-state index in [0.29, 0.717) is 18.0 Å². The van der Waals surface area contributed by atoms with Crippen LogP contribution in [0.15, 0.2) is 24.3 Å². The molecule has 7 heteroatoms. The molecule has 0 saturated heterocycles. The molecule has 1 aliphatic carbocycles. The van der Waals surface area contributed by atoms with Gasteiger partial charge in [0.05, 0.1) is 18.4 Å². The average molecular weight is 329 g/mol. The lowest BCUT2D eigenvalue weighted by Crippen LogP contribution is -2.36. The summed E-state index contributed by atoms with van der Waals surface area (Å²) in [6.07, 6.45) is -3.43. The number of nitrogens with zero attached hydrogens (tertiary/aromatic N) is 1. The Bertz CT molecular complexity index is 565. The molecule has 23 heavy (non-hydrogen) atoms. The lowest BCUT2D eigenvalue weighted by atomic mass is 10.1. The van der Waals surface area contributed by atoms with Crippen LogP contribution in [-0.4, -0.2) is 41.1 Å². The first-order chi connectivity index (χ1) is 10.7. The molecule has 1 aromatic rings. The second-order valence-electron chi connectivity index (χ2n) is 5.83. The predicted octanol–water partition coefficient (Wildman–Crippen LogP) is 3.12. The standard InChI is InChI=1S/C16H18F3NO3/c17-16(18,19)7-8-20(10-12-1-2-12)14(21)9-11-3-5-13(6-4-11)15(22)23/h3-6,12H,1-2,7-10H2,(H,22,23). The van der Waals surface area contributed by atoms with Crippen LogP contribution in [0, 0.1) is 5.92 Å². The van der Waals surface area contributed by atoms with Gasteiger partial charge >= 0.3 is 12.1 Å². The maximum atomic E-state index is 12.4. The first-order valence-electron chi connectivity index (χ1n) is 7.41. The Balaban J connectivity index is 1.96. The summed E-state index contributed by atoms with van der Waals surface area (Å²) in [7, 11) is 0. The maximum absolute atomic E-state index is 12.4. The van der Waals surface area contributed by atoms with Crippen molar-refractivity contribution in [3.05, 3.63) is 35.4 Å². The Labute approximate surface area is 131 Å². The third-order valence-corrected chi connectivity index (χ3v) is 3.75. The van der Waals surface area contributed by atoms with E-state index >= 15 is 0 Å². The normalized spacial score (nSPS) is 14.6. The first-order valence-corrected chi connectivity index (χ1v) is 7.41. The van der Waals surface area contributed by atoms with E-state index in [0.717, 1.165) is 12.8 Å². The van der Waals surface area contributed by atoms with Gasteiger partial charge in [0.2, 0.25) is 5.91 Å². The van der Waals surface area contributed by atoms with Crippen molar-refractivity contribution >= 4 is 11.9 Å². The number of hydrogen-bond acceptors (Lipinski definition) is 2. The van der Waals surface area contributed by atoms with Crippen molar-refractivity contribution in [2.45, 2.75) is 31.9 Å². The number of aromatic carboxylic acids is 1. The van der Waals surface area contributed by atoms with Crippen LogP contribution in [0.1, 0.15) is 35.2 Å². The average Bonchev–Trinajstić information content (AvgIpc) is 3.27. The molecule has 0 aromatic heterocycles. The Hall–Kier alpha value is -2.05. The highest BCUT2D eigenvalue weighted by atomic mass is 19.4. The number of carboxylic acid groups (broad SMARTS) is 1. The van der Waals surface area contributed by atoms with E-state index in [2.05, 4.69) is 0 Å². The fraction of sp³-hybridized carbons (Fsp3) is 0.500. The predicted molar refractivity (Wildman–Crippen MR) is 77.1 cm³/mol. The number of alkyl halides is 3. The van der Waals surface area contributed by atoms with Gasteiger partial charge in [0.1, 0.15) is 0 Å². The van der Waals surface area contributed by atoms with E-state index in [-0.39, 0.29) is 24.4 Å². The molecule has 1 aromatic carbocycles. The highest BCUT2D eigenvalue weighted by Crippen LogP contribution is 2.30. The van der Waals surface area contributed by atoms with E-state index in [1.165, 1.54) is 29.2 Å². The zero-order chi connectivity index (χ0) is 17.0. The monoisotopic (exact) mass is 329 g/mol. The van der Waals surface area contributed by atoms with Crippen molar-refractivity contribution in [3.63, 3.8) is 0 Å². The van der Waals surface area contributed by atoms with E-state index in [9.17, 15) is 22.8 Å². The van der Waals surface area contributed by atoms with E-state index in [1.807, 2.05) is 0 Å². The summed E-state index contributed by atoms with van der Waals surface area (Å²) in [6.45, 7) is 0.0359. The largest absolute Gasteiger partial charge is 0.478 e. The summed E-state index contributed by atoms with van der Waals surface area (Å²) in [6, 6.07) is 5.79. The second kappa shape index (κ2) is 7.02. The molecule has 2 rings (SSSR count). The van der Waals surface area contributed by atoms with Gasteiger partial charge in [0, 0.05) is 13.1 Å². The van der Waals surface area contributed by atoms with Crippen LogP contribution in [0.5, 0.6) is 0 Å². The van der Waals surface area contributed by atoms with Crippen LogP contribution in [0.3, 0.4) is 0 Å². The Morgan fingerprint density at radius 3 is 2.26 bits per heavy atom. The van der Waals surface area contributed by atoms with E-state index in [4.69, 9.17) is 5.11 Å². The lowest BCUT2D eigenvalue weighted by Gasteiger charge is -2.23. The van der Waals surface area contributed by atoms with Crippen LogP contribution in [0.4, 0.5) is 13.2 Å². The molecule has 1 aliphatic rings. The van der Waals surface area contributed by atoms with Gasteiger partial charge in [-0.15, -0.1) is 0 Å². The maximum Gasteiger partial charge on any atom is 0.390 e. The fourth-order valence-corrected chi connectivity index (χ4v) is 2.24. The molecule has 0 bridgehead atoms. The molecule has 0 heterocycles. The minimum Gasteiger partial charge on any atom is -0.478 e. The quantitative estimate of drug-likeness (QED) is 0.836. The molecule has 1 saturated carbocycles. The molecule has 0 aliphatic heterocycles. The zero-order valence-electron chi connectivity index (χ0n) is 12.5. The van der Waals surface area contributed by atoms with Crippen LogP contribution >= 0.6 is 0 Å². The number of amides is 1. The SMILES string of the molecule is O=C(O)c1ccc(CC(=O)N(CCC(F)(F)F)CC2CC2)cc1. The van der Waals surface area contributed by atoms with Gasteiger partial charge in [0.25, 0.3) is 0 Å². The highest BCUT2D eigenvalue weighted by molar-refractivity contribution is 5.87. The van der Waals surface area contributed by atoms with Crippen molar-refractivity contribution in [1.82, 2.24) is 4.90 Å². The van der Waals surface area contributed by atoms with Gasteiger partial charge < -0.3 is 10.0 Å². The smallest absolute Gasteiger partial charge is 0.390 e. The number of benzene rings is 1. The van der Waals surface area contributed by atoms with Crippen molar-refractivity contribution in [2.24, 2.45) is 5.92 Å². The van der Waals surface area contributed by atoms with Gasteiger partial charge in [-0.1, -0.05) is 12.1 Å². The number of rotatable bonds is 7. The zero-order valence-corrected chi connectivity index (χ0v) is 12.5. The molecule has 0 spiro atoms. The number of halogens is 3. The van der Waals surface area contributed by atoms with Crippen LogP contribution in [0.2, 0.25) is 0 Å². The first kappa shape index (κ1) is 17.3. The summed E-state index contributed by atoms with van der Waals surface area (Å²) in [5, 5.41) is 8.82. The highest BCUT2D eigenvalue weighted by Gasteiger charge is 2.31. The number of carbonyl (C=O) groups excluding carboxylic acids is 1. The minimum absolute atomic E-state index is 0.0233. The second-order valence-corrected chi connectivity index (χ2v) is 5.83. The van der Waals surface area contributed by atoms with Gasteiger partial charge in [-0.05, 0) is 36.5 Å². The summed E-state index contributed by atoms with van der Waals surface area (Å²) in [5.74, 6) is -1.12. The molecule has 0 radical (unpaired) electrons. The third kappa shape index (κ3) is 5.92. The van der Waals surface area contributed by atoms with Gasteiger partial charge in [0.15, 0.2) is 0 Å². The van der Waals surface area contributed by atoms with Crippen LogP contribution < -0.4 is 0 Å². The lowest BCUT2D eigenvalue weighted by molar-refractivity contribution is -0.145. The summed E-state index contributed by atoms with van der Waals surface area (Å²) < 4.78 is 37.2. The topological polar surface area (TPSA) is 57.6 Å². The summed E-state index contributed by atoms with van der Waals surface area (Å²) in [4.78, 5) is 24.3. The van der Waals surface area contributed by atoms with Crippen molar-refractivity contribution in [3.8, 4) is 0 Å². The molecular weight excluding hydrogens is 311 g/mol.